The second kappa shape index (κ2) is 8.14. The molecule has 0 aromatic rings. The molecule has 122 valence electrons. The van der Waals surface area contributed by atoms with Gasteiger partial charge < -0.3 is 10.2 Å². The van der Waals surface area contributed by atoms with Crippen LogP contribution in [0.5, 0.6) is 0 Å². The van der Waals surface area contributed by atoms with Gasteiger partial charge in [0, 0.05) is 31.2 Å². The number of amides is 1. The van der Waals surface area contributed by atoms with Crippen LogP contribution in [0.25, 0.3) is 0 Å². The van der Waals surface area contributed by atoms with Gasteiger partial charge in [0.2, 0.25) is 5.91 Å². The molecule has 4 heteroatoms. The highest BCUT2D eigenvalue weighted by molar-refractivity contribution is 5.78. The monoisotopic (exact) mass is 295 g/mol. The van der Waals surface area contributed by atoms with E-state index in [1.165, 1.54) is 25.7 Å². The number of nitrogens with one attached hydrogen (secondary N) is 1. The Bertz CT molecular complexity index is 316. The predicted octanol–water partition coefficient (Wildman–Crippen LogP) is 2.24. The maximum absolute atomic E-state index is 12.6. The molecule has 2 fully saturated rings. The normalized spacial score (nSPS) is 28.1. The third-order valence-corrected chi connectivity index (χ3v) is 5.05. The highest BCUT2D eigenvalue weighted by Crippen LogP contribution is 2.29. The summed E-state index contributed by atoms with van der Waals surface area (Å²) in [5.41, 5.74) is 0. The van der Waals surface area contributed by atoms with Crippen molar-refractivity contribution in [3.8, 4) is 0 Å². The van der Waals surface area contributed by atoms with E-state index in [0.717, 1.165) is 32.5 Å². The highest BCUT2D eigenvalue weighted by Gasteiger charge is 2.36. The number of rotatable bonds is 8. The van der Waals surface area contributed by atoms with Crippen molar-refractivity contribution in [3.63, 3.8) is 0 Å². The third kappa shape index (κ3) is 4.43. The molecule has 4 nitrogen and oxygen atoms in total. The molecule has 0 radical (unpaired) electrons. The number of hydrogen-bond acceptors (Lipinski definition) is 3. The van der Waals surface area contributed by atoms with Gasteiger partial charge in [-0.15, -0.1) is 0 Å². The van der Waals surface area contributed by atoms with Crippen LogP contribution in [0.1, 0.15) is 59.3 Å². The molecule has 0 saturated carbocycles. The second-order valence-electron chi connectivity index (χ2n) is 6.71. The molecule has 2 heterocycles. The summed E-state index contributed by atoms with van der Waals surface area (Å²) in [5, 5.41) is 3.69. The van der Waals surface area contributed by atoms with E-state index < -0.39 is 0 Å². The van der Waals surface area contributed by atoms with Crippen molar-refractivity contribution < 1.29 is 4.79 Å². The Kier molecular flexibility index (Phi) is 6.49. The lowest BCUT2D eigenvalue weighted by Crippen LogP contribution is -2.51. The van der Waals surface area contributed by atoms with E-state index in [-0.39, 0.29) is 0 Å². The van der Waals surface area contributed by atoms with E-state index in [9.17, 15) is 4.79 Å². The van der Waals surface area contributed by atoms with Gasteiger partial charge in [-0.2, -0.15) is 0 Å². The van der Waals surface area contributed by atoms with E-state index in [1.54, 1.807) is 0 Å². The van der Waals surface area contributed by atoms with Crippen LogP contribution in [0.15, 0.2) is 0 Å². The number of piperidine rings is 1. The Morgan fingerprint density at radius 3 is 2.10 bits per heavy atom. The summed E-state index contributed by atoms with van der Waals surface area (Å²) in [7, 11) is 0. The zero-order valence-corrected chi connectivity index (χ0v) is 14.1. The van der Waals surface area contributed by atoms with Gasteiger partial charge in [0.25, 0.3) is 0 Å². The first-order chi connectivity index (χ1) is 10.2. The topological polar surface area (TPSA) is 35.6 Å². The Morgan fingerprint density at radius 2 is 1.62 bits per heavy atom. The van der Waals surface area contributed by atoms with Crippen molar-refractivity contribution in [3.05, 3.63) is 0 Å². The second-order valence-corrected chi connectivity index (χ2v) is 6.71. The van der Waals surface area contributed by atoms with Gasteiger partial charge in [0.15, 0.2) is 0 Å². The average molecular weight is 295 g/mol. The van der Waals surface area contributed by atoms with Gasteiger partial charge in [-0.25, -0.2) is 0 Å². The molecular weight excluding hydrogens is 262 g/mol. The van der Waals surface area contributed by atoms with Crippen LogP contribution in [0.2, 0.25) is 0 Å². The summed E-state index contributed by atoms with van der Waals surface area (Å²) < 4.78 is 0. The van der Waals surface area contributed by atoms with Crippen molar-refractivity contribution in [2.75, 3.05) is 26.2 Å². The molecule has 0 aliphatic carbocycles. The van der Waals surface area contributed by atoms with E-state index in [2.05, 4.69) is 35.9 Å². The summed E-state index contributed by atoms with van der Waals surface area (Å²) in [5.74, 6) is 0.325. The first-order valence-corrected chi connectivity index (χ1v) is 8.95. The summed E-state index contributed by atoms with van der Waals surface area (Å²) in [6, 6.07) is 1.99. The first-order valence-electron chi connectivity index (χ1n) is 8.95. The van der Waals surface area contributed by atoms with Crippen molar-refractivity contribution in [1.82, 2.24) is 15.1 Å². The molecule has 2 aliphatic heterocycles. The fourth-order valence-electron chi connectivity index (χ4n) is 4.00. The van der Waals surface area contributed by atoms with E-state index in [4.69, 9.17) is 0 Å². The molecule has 0 aromatic carbocycles. The largest absolute Gasteiger partial charge is 0.342 e. The SMILES string of the molecule is CCCN(CCC)C(=O)CN(CC)C1CC2CCC(C1)N2. The van der Waals surface area contributed by atoms with Crippen LogP contribution in [0.3, 0.4) is 0 Å². The predicted molar refractivity (Wildman–Crippen MR) is 87.4 cm³/mol. The maximum Gasteiger partial charge on any atom is 0.236 e. The molecule has 2 atom stereocenters. The van der Waals surface area contributed by atoms with Crippen LogP contribution in [-0.4, -0.2) is 60.0 Å². The number of hydrogen-bond donors (Lipinski definition) is 1. The molecule has 2 saturated heterocycles. The standard InChI is InChI=1S/C17H33N3O/c1-4-9-20(10-5-2)17(21)13-19(6-3)16-11-14-7-8-15(12-16)18-14/h14-16,18H,4-13H2,1-3H3. The van der Waals surface area contributed by atoms with E-state index in [1.807, 2.05) is 0 Å². The lowest BCUT2D eigenvalue weighted by Gasteiger charge is -2.37. The minimum absolute atomic E-state index is 0.325. The van der Waals surface area contributed by atoms with Crippen LogP contribution in [0.4, 0.5) is 0 Å². The minimum Gasteiger partial charge on any atom is -0.342 e. The molecule has 2 rings (SSSR count). The van der Waals surface area contributed by atoms with E-state index >= 15 is 0 Å². The molecule has 1 N–H and O–H groups in total. The number of likely N-dealkylation sites (N-methyl/N-ethyl adjacent to an activating group) is 1. The van der Waals surface area contributed by atoms with Crippen LogP contribution in [0, 0.1) is 0 Å². The fourth-order valence-corrected chi connectivity index (χ4v) is 4.00. The Balaban J connectivity index is 1.90. The van der Waals surface area contributed by atoms with Crippen molar-refractivity contribution >= 4 is 5.91 Å². The quantitative estimate of drug-likeness (QED) is 0.746. The Morgan fingerprint density at radius 1 is 1.05 bits per heavy atom. The lowest BCUT2D eigenvalue weighted by molar-refractivity contribution is -0.133. The zero-order chi connectivity index (χ0) is 15.2. The van der Waals surface area contributed by atoms with Crippen molar-refractivity contribution in [2.24, 2.45) is 0 Å². The molecule has 0 aromatic heterocycles. The number of fused-ring (bicyclic) bond motifs is 2. The smallest absolute Gasteiger partial charge is 0.236 e. The van der Waals surface area contributed by atoms with Crippen LogP contribution >= 0.6 is 0 Å². The molecule has 2 bridgehead atoms. The van der Waals surface area contributed by atoms with Crippen molar-refractivity contribution in [2.45, 2.75) is 77.4 Å². The molecule has 2 aliphatic rings. The van der Waals surface area contributed by atoms with Gasteiger partial charge in [-0.3, -0.25) is 9.69 Å². The summed E-state index contributed by atoms with van der Waals surface area (Å²) in [6.45, 7) is 9.91. The van der Waals surface area contributed by atoms with Gasteiger partial charge in [-0.05, 0) is 45.1 Å². The molecule has 1 amide bonds. The number of carbonyl (C=O) groups excluding carboxylic acids is 1. The summed E-state index contributed by atoms with van der Waals surface area (Å²) >= 11 is 0. The van der Waals surface area contributed by atoms with Gasteiger partial charge in [-0.1, -0.05) is 20.8 Å². The highest BCUT2D eigenvalue weighted by atomic mass is 16.2. The first kappa shape index (κ1) is 16.8. The fraction of sp³-hybridized carbons (Fsp3) is 0.941. The maximum atomic E-state index is 12.6. The number of carbonyl (C=O) groups is 1. The molecule has 0 spiro atoms. The van der Waals surface area contributed by atoms with E-state index in [0.29, 0.717) is 30.6 Å². The average Bonchev–Trinajstić information content (AvgIpc) is 2.82. The molecule has 2 unspecified atom stereocenters. The lowest BCUT2D eigenvalue weighted by atomic mass is 9.98. The minimum atomic E-state index is 0.325. The van der Waals surface area contributed by atoms with Crippen LogP contribution in [-0.2, 0) is 4.79 Å². The van der Waals surface area contributed by atoms with Gasteiger partial charge in [0.1, 0.15) is 0 Å². The Hall–Kier alpha value is -0.610. The third-order valence-electron chi connectivity index (χ3n) is 5.05. The van der Waals surface area contributed by atoms with Gasteiger partial charge >= 0.3 is 0 Å². The number of nitrogens with zero attached hydrogens (tertiary/aromatic N) is 2. The molecular formula is C17H33N3O. The Labute approximate surface area is 130 Å². The summed E-state index contributed by atoms with van der Waals surface area (Å²) in [6.07, 6.45) is 7.19. The van der Waals surface area contributed by atoms with Crippen LogP contribution < -0.4 is 5.32 Å². The molecule has 21 heavy (non-hydrogen) atoms. The zero-order valence-electron chi connectivity index (χ0n) is 14.1. The summed E-state index contributed by atoms with van der Waals surface area (Å²) in [4.78, 5) is 17.1. The van der Waals surface area contributed by atoms with Crippen molar-refractivity contribution in [1.29, 1.82) is 0 Å². The van der Waals surface area contributed by atoms with Gasteiger partial charge in [0.05, 0.1) is 6.54 Å².